The molecule has 0 radical (unpaired) electrons. The first-order valence-electron chi connectivity index (χ1n) is 12.4. The number of nitrogens with two attached hydrogens (primary N) is 1. The highest BCUT2D eigenvalue weighted by Crippen LogP contribution is 2.40. The summed E-state index contributed by atoms with van der Waals surface area (Å²) < 4.78 is 7.39. The third-order valence-corrected chi connectivity index (χ3v) is 8.20. The fourth-order valence-corrected chi connectivity index (χ4v) is 6.27. The van der Waals surface area contributed by atoms with Gasteiger partial charge in [0.1, 0.15) is 5.76 Å². The zero-order chi connectivity index (χ0) is 24.8. The molecule has 1 fully saturated rings. The van der Waals surface area contributed by atoms with Crippen molar-refractivity contribution in [1.29, 1.82) is 0 Å². The molecular weight excluding hydrogens is 474 g/mol. The molecule has 1 saturated heterocycles. The number of nitrogens with one attached hydrogen (secondary N) is 1. The molecule has 1 amide bonds. The fraction of sp³-hybridized carbons (Fsp3) is 0.385. The summed E-state index contributed by atoms with van der Waals surface area (Å²) in [6.07, 6.45) is 5.72. The SMILES string of the molecule is CCNc1nc2cccc(-c3cc4c(C5C=NN(C6CCN(C(C)=O)CC6)C5)cnc(N)c4o3)c2s1. The van der Waals surface area contributed by atoms with Crippen LogP contribution in [0.25, 0.3) is 32.5 Å². The van der Waals surface area contributed by atoms with Crippen LogP contribution in [-0.4, -0.2) is 64.2 Å². The van der Waals surface area contributed by atoms with E-state index in [1.54, 1.807) is 18.3 Å². The number of thiazole rings is 1. The van der Waals surface area contributed by atoms with Crippen LogP contribution in [0.3, 0.4) is 0 Å². The molecule has 2 aliphatic heterocycles. The van der Waals surface area contributed by atoms with Gasteiger partial charge in [-0.3, -0.25) is 9.80 Å². The van der Waals surface area contributed by atoms with Crippen molar-refractivity contribution in [1.82, 2.24) is 19.9 Å². The molecule has 1 unspecified atom stereocenters. The second kappa shape index (κ2) is 9.09. The number of rotatable bonds is 5. The summed E-state index contributed by atoms with van der Waals surface area (Å²) in [7, 11) is 0. The number of carbonyl (C=O) groups excluding carboxylic acids is 1. The highest BCUT2D eigenvalue weighted by atomic mass is 32.1. The Morgan fingerprint density at radius 2 is 2.14 bits per heavy atom. The highest BCUT2D eigenvalue weighted by molar-refractivity contribution is 7.22. The zero-order valence-electron chi connectivity index (χ0n) is 20.4. The molecule has 186 valence electrons. The maximum absolute atomic E-state index is 11.7. The number of likely N-dealkylation sites (tertiary alicyclic amines) is 1. The van der Waals surface area contributed by atoms with E-state index in [0.29, 0.717) is 17.4 Å². The van der Waals surface area contributed by atoms with Crippen LogP contribution in [0.15, 0.2) is 40.0 Å². The van der Waals surface area contributed by atoms with Crippen LogP contribution in [0.4, 0.5) is 10.9 Å². The molecule has 1 atom stereocenters. The maximum atomic E-state index is 11.7. The molecule has 2 aliphatic rings. The van der Waals surface area contributed by atoms with Crippen molar-refractivity contribution in [2.45, 2.75) is 38.6 Å². The van der Waals surface area contributed by atoms with E-state index in [1.807, 2.05) is 29.4 Å². The number of hydrogen-bond acceptors (Lipinski definition) is 9. The van der Waals surface area contributed by atoms with E-state index in [2.05, 4.69) is 34.4 Å². The second-order valence-electron chi connectivity index (χ2n) is 9.39. The van der Waals surface area contributed by atoms with Crippen LogP contribution in [0.2, 0.25) is 0 Å². The lowest BCUT2D eigenvalue weighted by Gasteiger charge is -2.35. The van der Waals surface area contributed by atoms with Gasteiger partial charge in [0, 0.05) is 62.4 Å². The molecule has 4 aromatic rings. The molecule has 6 rings (SSSR count). The Labute approximate surface area is 213 Å². The third kappa shape index (κ3) is 3.95. The Kier molecular flexibility index (Phi) is 5.75. The first-order chi connectivity index (χ1) is 17.5. The van der Waals surface area contributed by atoms with E-state index < -0.39 is 0 Å². The van der Waals surface area contributed by atoms with Crippen LogP contribution >= 0.6 is 11.3 Å². The zero-order valence-corrected chi connectivity index (χ0v) is 21.2. The van der Waals surface area contributed by atoms with E-state index in [-0.39, 0.29) is 11.8 Å². The van der Waals surface area contributed by atoms with Crippen molar-refractivity contribution in [3.63, 3.8) is 0 Å². The van der Waals surface area contributed by atoms with Gasteiger partial charge in [-0.2, -0.15) is 5.10 Å². The number of amides is 1. The molecule has 0 spiro atoms. The number of furan rings is 1. The summed E-state index contributed by atoms with van der Waals surface area (Å²) >= 11 is 1.62. The molecule has 1 aromatic carbocycles. The number of benzene rings is 1. The maximum Gasteiger partial charge on any atom is 0.219 e. The van der Waals surface area contributed by atoms with Gasteiger partial charge in [-0.05, 0) is 43.5 Å². The average Bonchev–Trinajstić information content (AvgIpc) is 3.63. The highest BCUT2D eigenvalue weighted by Gasteiger charge is 2.31. The first kappa shape index (κ1) is 22.8. The van der Waals surface area contributed by atoms with Crippen LogP contribution in [0.1, 0.15) is 38.2 Å². The summed E-state index contributed by atoms with van der Waals surface area (Å²) in [6.45, 7) is 6.87. The van der Waals surface area contributed by atoms with Crippen molar-refractivity contribution in [3.05, 3.63) is 36.0 Å². The number of nitrogens with zero attached hydrogens (tertiary/aromatic N) is 5. The summed E-state index contributed by atoms with van der Waals surface area (Å²) in [4.78, 5) is 22.7. The number of carbonyl (C=O) groups is 1. The Hall–Kier alpha value is -3.66. The molecule has 5 heterocycles. The molecule has 3 N–H and O–H groups in total. The smallest absolute Gasteiger partial charge is 0.219 e. The predicted octanol–water partition coefficient (Wildman–Crippen LogP) is 4.51. The lowest BCUT2D eigenvalue weighted by molar-refractivity contribution is -0.130. The Morgan fingerprint density at radius 1 is 1.31 bits per heavy atom. The van der Waals surface area contributed by atoms with Crippen LogP contribution < -0.4 is 11.1 Å². The normalized spacial score (nSPS) is 18.6. The van der Waals surface area contributed by atoms with Crippen molar-refractivity contribution >= 4 is 55.6 Å². The Morgan fingerprint density at radius 3 is 2.92 bits per heavy atom. The molecule has 36 heavy (non-hydrogen) atoms. The largest absolute Gasteiger partial charge is 0.452 e. The van der Waals surface area contributed by atoms with Crippen LogP contribution in [0.5, 0.6) is 0 Å². The van der Waals surface area contributed by atoms with Crippen LogP contribution in [0, 0.1) is 0 Å². The topological polar surface area (TPSA) is 113 Å². The van der Waals surface area contributed by atoms with Gasteiger partial charge < -0.3 is 20.4 Å². The minimum Gasteiger partial charge on any atom is -0.452 e. The monoisotopic (exact) mass is 503 g/mol. The minimum atomic E-state index is 0.0939. The summed E-state index contributed by atoms with van der Waals surface area (Å²) in [5.74, 6) is 1.38. The average molecular weight is 504 g/mol. The van der Waals surface area contributed by atoms with Gasteiger partial charge in [-0.25, -0.2) is 9.97 Å². The molecule has 0 aliphatic carbocycles. The molecule has 0 bridgehead atoms. The molecular formula is C26H29N7O2S. The number of nitrogen functional groups attached to an aromatic ring is 1. The number of piperidine rings is 1. The summed E-state index contributed by atoms with van der Waals surface area (Å²) in [6, 6.07) is 8.50. The summed E-state index contributed by atoms with van der Waals surface area (Å²) in [5.41, 5.74) is 9.86. The number of pyridine rings is 1. The summed E-state index contributed by atoms with van der Waals surface area (Å²) in [5, 5.41) is 12.1. The number of fused-ring (bicyclic) bond motifs is 2. The van der Waals surface area contributed by atoms with E-state index in [9.17, 15) is 4.79 Å². The van der Waals surface area contributed by atoms with Gasteiger partial charge >= 0.3 is 0 Å². The first-order valence-corrected chi connectivity index (χ1v) is 13.2. The fourth-order valence-electron chi connectivity index (χ4n) is 5.22. The number of hydrogen-bond donors (Lipinski definition) is 2. The quantitative estimate of drug-likeness (QED) is 0.412. The van der Waals surface area contributed by atoms with Crippen molar-refractivity contribution in [3.8, 4) is 11.3 Å². The minimum absolute atomic E-state index is 0.0939. The molecule has 9 nitrogen and oxygen atoms in total. The standard InChI is InChI=1S/C26H29N7O2S/c1-3-28-26-31-21-6-4-5-18(24(21)36-26)22-11-19-20(13-29-25(27)23(19)35-22)16-12-30-33(14-16)17-7-9-32(10-8-17)15(2)34/h4-6,11-13,16-17H,3,7-10,14H2,1-2H3,(H2,27,29)(H,28,31). The van der Waals surface area contributed by atoms with Gasteiger partial charge in [-0.15, -0.1) is 0 Å². The van der Waals surface area contributed by atoms with Crippen molar-refractivity contribution < 1.29 is 9.21 Å². The van der Waals surface area contributed by atoms with Crippen molar-refractivity contribution in [2.24, 2.45) is 5.10 Å². The molecule has 10 heteroatoms. The van der Waals surface area contributed by atoms with Gasteiger partial charge in [0.2, 0.25) is 5.91 Å². The number of hydrazone groups is 1. The van der Waals surface area contributed by atoms with E-state index in [1.165, 1.54) is 0 Å². The van der Waals surface area contributed by atoms with Gasteiger partial charge in [0.05, 0.1) is 16.3 Å². The van der Waals surface area contributed by atoms with Crippen LogP contribution in [-0.2, 0) is 4.79 Å². The lowest BCUT2D eigenvalue weighted by atomic mass is 9.97. The van der Waals surface area contributed by atoms with Gasteiger partial charge in [-0.1, -0.05) is 17.4 Å². The molecule has 0 saturated carbocycles. The lowest BCUT2D eigenvalue weighted by Crippen LogP contribution is -2.44. The van der Waals surface area contributed by atoms with E-state index in [4.69, 9.17) is 20.2 Å². The van der Waals surface area contributed by atoms with Crippen molar-refractivity contribution in [2.75, 3.05) is 37.2 Å². The Balaban J connectivity index is 1.30. The third-order valence-electron chi connectivity index (χ3n) is 7.14. The van der Waals surface area contributed by atoms with E-state index >= 15 is 0 Å². The number of aromatic nitrogens is 2. The van der Waals surface area contributed by atoms with Gasteiger partial charge in [0.15, 0.2) is 16.5 Å². The second-order valence-corrected chi connectivity index (χ2v) is 10.4. The Bertz CT molecular complexity index is 1470. The number of anilines is 2. The van der Waals surface area contributed by atoms with E-state index in [0.717, 1.165) is 76.6 Å². The predicted molar refractivity (Wildman–Crippen MR) is 144 cm³/mol. The molecule has 3 aromatic heterocycles. The van der Waals surface area contributed by atoms with Gasteiger partial charge in [0.25, 0.3) is 0 Å².